The van der Waals surface area contributed by atoms with Crippen molar-refractivity contribution in [1.29, 1.82) is 0 Å². The number of carbonyl (C=O) groups excluding carboxylic acids is 2. The molecule has 164 valence electrons. The second-order valence-corrected chi connectivity index (χ2v) is 8.15. The van der Waals surface area contributed by atoms with Crippen LogP contribution < -0.4 is 10.5 Å². The highest BCUT2D eigenvalue weighted by molar-refractivity contribution is 14.1. The Hall–Kier alpha value is -2.40. The molecule has 0 saturated carbocycles. The van der Waals surface area contributed by atoms with Crippen molar-refractivity contribution in [2.45, 2.75) is 38.9 Å². The van der Waals surface area contributed by atoms with Crippen molar-refractivity contribution >= 4 is 45.3 Å². The number of alkyl halides is 3. The van der Waals surface area contributed by atoms with Gasteiger partial charge in [0.25, 0.3) is 0 Å². The van der Waals surface area contributed by atoms with E-state index in [1.807, 2.05) is 6.92 Å². The van der Waals surface area contributed by atoms with Crippen LogP contribution in [0.4, 0.5) is 13.2 Å². The van der Waals surface area contributed by atoms with Crippen LogP contribution in [-0.4, -0.2) is 11.8 Å². The summed E-state index contributed by atoms with van der Waals surface area (Å²) in [5, 5.41) is 0.474. The first-order valence-corrected chi connectivity index (χ1v) is 10.5. The number of ether oxygens (including phenoxy) is 1. The molecular weight excluding hydrogens is 526 g/mol. The lowest BCUT2D eigenvalue weighted by Gasteiger charge is -2.16. The number of carbonyl (C=O) groups is 2. The maximum atomic E-state index is 13.7. The van der Waals surface area contributed by atoms with E-state index < -0.39 is 35.3 Å². The molecule has 31 heavy (non-hydrogen) atoms. The van der Waals surface area contributed by atoms with Gasteiger partial charge in [-0.05, 0) is 47.2 Å². The van der Waals surface area contributed by atoms with Gasteiger partial charge in [-0.1, -0.05) is 31.5 Å². The molecule has 3 rings (SSSR count). The van der Waals surface area contributed by atoms with Gasteiger partial charge in [0.05, 0.1) is 15.2 Å². The van der Waals surface area contributed by atoms with Crippen LogP contribution in [-0.2, 0) is 11.0 Å². The van der Waals surface area contributed by atoms with Crippen molar-refractivity contribution in [2.24, 2.45) is 5.73 Å². The summed E-state index contributed by atoms with van der Waals surface area (Å²) in [5.74, 6) is -1.93. The number of furan rings is 1. The number of hydrogen-bond donors (Lipinski definition) is 1. The predicted molar refractivity (Wildman–Crippen MR) is 117 cm³/mol. The summed E-state index contributed by atoms with van der Waals surface area (Å²) in [6.45, 7) is 2.93. The van der Waals surface area contributed by atoms with Gasteiger partial charge in [-0.15, -0.1) is 0 Å². The lowest BCUT2D eigenvalue weighted by molar-refractivity contribution is -0.141. The molecule has 0 saturated heterocycles. The molecule has 0 aliphatic rings. The highest BCUT2D eigenvalue weighted by Gasteiger charge is 2.37. The molecule has 0 aliphatic carbocycles. The fraction of sp³-hybridized carbons (Fsp3) is 0.273. The third kappa shape index (κ3) is 4.77. The number of hydrogen-bond acceptors (Lipinski definition) is 5. The molecule has 0 aliphatic heterocycles. The van der Waals surface area contributed by atoms with Gasteiger partial charge in [-0.2, -0.15) is 13.2 Å². The van der Waals surface area contributed by atoms with Crippen molar-refractivity contribution in [2.75, 3.05) is 0 Å². The van der Waals surface area contributed by atoms with Crippen LogP contribution in [0.15, 0.2) is 40.8 Å². The zero-order chi connectivity index (χ0) is 22.9. The summed E-state index contributed by atoms with van der Waals surface area (Å²) in [5.41, 5.74) is 5.37. The maximum absolute atomic E-state index is 13.7. The second kappa shape index (κ2) is 8.99. The molecule has 3 aromatic rings. The van der Waals surface area contributed by atoms with Crippen molar-refractivity contribution in [3.05, 3.63) is 62.4 Å². The molecule has 1 atom stereocenters. The normalized spacial score (nSPS) is 12.7. The van der Waals surface area contributed by atoms with Crippen LogP contribution in [0.1, 0.15) is 60.0 Å². The highest BCUT2D eigenvalue weighted by atomic mass is 127. The van der Waals surface area contributed by atoms with E-state index >= 15 is 0 Å². The number of para-hydroxylation sites is 1. The zero-order valence-electron chi connectivity index (χ0n) is 16.7. The topological polar surface area (TPSA) is 82.5 Å². The third-order valence-electron chi connectivity index (χ3n) is 4.64. The minimum atomic E-state index is -4.83. The van der Waals surface area contributed by atoms with E-state index in [9.17, 15) is 22.8 Å². The van der Waals surface area contributed by atoms with E-state index in [4.69, 9.17) is 14.9 Å². The molecule has 0 bridgehead atoms. The van der Waals surface area contributed by atoms with Crippen LogP contribution in [0.25, 0.3) is 11.0 Å². The fourth-order valence-corrected chi connectivity index (χ4v) is 4.06. The Morgan fingerprint density at radius 3 is 2.52 bits per heavy atom. The zero-order valence-corrected chi connectivity index (χ0v) is 18.8. The molecule has 2 N–H and O–H groups in total. The van der Waals surface area contributed by atoms with Gasteiger partial charge in [-0.3, -0.25) is 9.59 Å². The van der Waals surface area contributed by atoms with Crippen LogP contribution in [0.2, 0.25) is 0 Å². The van der Waals surface area contributed by atoms with E-state index in [2.05, 4.69) is 0 Å². The summed E-state index contributed by atoms with van der Waals surface area (Å²) < 4.78 is 51.6. The first-order chi connectivity index (χ1) is 14.5. The van der Waals surface area contributed by atoms with E-state index in [-0.39, 0.29) is 20.5 Å². The molecule has 0 spiro atoms. The van der Waals surface area contributed by atoms with Gasteiger partial charge in [0, 0.05) is 17.9 Å². The Kier molecular flexibility index (Phi) is 6.75. The van der Waals surface area contributed by atoms with Gasteiger partial charge >= 0.3 is 12.1 Å². The van der Waals surface area contributed by atoms with Crippen LogP contribution in [0, 0.1) is 3.57 Å². The molecule has 0 radical (unpaired) electrons. The number of fused-ring (bicyclic) bond motifs is 1. The first-order valence-electron chi connectivity index (χ1n) is 9.45. The summed E-state index contributed by atoms with van der Waals surface area (Å²) >= 11 is 1.61. The Morgan fingerprint density at radius 2 is 1.90 bits per heavy atom. The smallest absolute Gasteiger partial charge is 0.420 e. The SMILES string of the molecule is CCCC(N)c1oc2ccccc2c1C(=O)c1cc(I)c(OC(C)=O)c(C(F)(F)F)c1. The lowest BCUT2D eigenvalue weighted by atomic mass is 9.95. The summed E-state index contributed by atoms with van der Waals surface area (Å²) in [6.07, 6.45) is -3.56. The van der Waals surface area contributed by atoms with Crippen molar-refractivity contribution in [1.82, 2.24) is 0 Å². The van der Waals surface area contributed by atoms with Gasteiger partial charge in [0.2, 0.25) is 0 Å². The Balaban J connectivity index is 2.22. The van der Waals surface area contributed by atoms with Crippen LogP contribution >= 0.6 is 22.6 Å². The average Bonchev–Trinajstić information content (AvgIpc) is 3.07. The molecule has 0 fully saturated rings. The predicted octanol–water partition coefficient (Wildman–Crippen LogP) is 6.01. The number of rotatable bonds is 6. The number of benzene rings is 2. The minimum absolute atomic E-state index is 0.0156. The number of ketones is 1. The molecule has 0 amide bonds. The quantitative estimate of drug-likeness (QED) is 0.178. The molecule has 1 heterocycles. The van der Waals surface area contributed by atoms with Crippen molar-refractivity contribution < 1.29 is 31.9 Å². The van der Waals surface area contributed by atoms with E-state index in [1.54, 1.807) is 46.9 Å². The molecule has 9 heteroatoms. The summed E-state index contributed by atoms with van der Waals surface area (Å²) in [7, 11) is 0. The largest absolute Gasteiger partial charge is 0.459 e. The van der Waals surface area contributed by atoms with Crippen molar-refractivity contribution in [3.63, 3.8) is 0 Å². The first kappa shape index (κ1) is 23.3. The maximum Gasteiger partial charge on any atom is 0.420 e. The molecular formula is C22H19F3INO4. The summed E-state index contributed by atoms with van der Waals surface area (Å²) in [6, 6.07) is 8.14. The number of esters is 1. The Bertz CT molecular complexity index is 1150. The molecule has 5 nitrogen and oxygen atoms in total. The van der Waals surface area contributed by atoms with Gasteiger partial charge < -0.3 is 14.9 Å². The average molecular weight is 545 g/mol. The van der Waals surface area contributed by atoms with Crippen LogP contribution in [0.3, 0.4) is 0 Å². The number of nitrogens with two attached hydrogens (primary N) is 1. The molecule has 2 aromatic carbocycles. The van der Waals surface area contributed by atoms with Gasteiger partial charge in [0.1, 0.15) is 16.9 Å². The monoisotopic (exact) mass is 545 g/mol. The standard InChI is InChI=1S/C22H19F3INO4/c1-3-6-16(27)21-18(13-7-4-5-8-17(13)31-21)19(29)12-9-14(22(23,24)25)20(15(26)10-12)30-11(2)28/h4-5,7-10,16H,3,6,27H2,1-2H3. The Labute approximate surface area is 189 Å². The highest BCUT2D eigenvalue weighted by Crippen LogP contribution is 2.41. The Morgan fingerprint density at radius 1 is 1.23 bits per heavy atom. The molecule has 1 unspecified atom stereocenters. The van der Waals surface area contributed by atoms with Gasteiger partial charge in [-0.25, -0.2) is 0 Å². The van der Waals surface area contributed by atoms with Gasteiger partial charge in [0.15, 0.2) is 11.5 Å². The van der Waals surface area contributed by atoms with Crippen molar-refractivity contribution in [3.8, 4) is 5.75 Å². The van der Waals surface area contributed by atoms with E-state index in [0.717, 1.165) is 13.3 Å². The lowest BCUT2D eigenvalue weighted by Crippen LogP contribution is -2.16. The number of halogens is 4. The third-order valence-corrected chi connectivity index (χ3v) is 5.44. The summed E-state index contributed by atoms with van der Waals surface area (Å²) in [4.78, 5) is 24.7. The second-order valence-electron chi connectivity index (χ2n) is 6.99. The fourth-order valence-electron chi connectivity index (χ4n) is 3.33. The van der Waals surface area contributed by atoms with E-state index in [0.29, 0.717) is 23.5 Å². The van der Waals surface area contributed by atoms with E-state index in [1.165, 1.54) is 6.07 Å². The minimum Gasteiger partial charge on any atom is -0.459 e. The molecule has 1 aromatic heterocycles. The van der Waals surface area contributed by atoms with Crippen LogP contribution in [0.5, 0.6) is 5.75 Å².